The largest absolute Gasteiger partial charge is 0.394 e. The molecule has 6 rings (SSSR count). The summed E-state index contributed by atoms with van der Waals surface area (Å²) >= 11 is 0. The first-order chi connectivity index (χ1) is 21.3. The number of nitrogens with zero attached hydrogens (tertiary/aromatic N) is 3. The summed E-state index contributed by atoms with van der Waals surface area (Å²) in [4.78, 5) is 49.5. The number of carbonyl (C=O) groups is 3. The lowest BCUT2D eigenvalue weighted by molar-refractivity contribution is -0.156. The van der Waals surface area contributed by atoms with Crippen molar-refractivity contribution in [3.05, 3.63) is 90.5 Å². The van der Waals surface area contributed by atoms with Crippen molar-refractivity contribution in [2.75, 3.05) is 24.6 Å². The minimum atomic E-state index is -1.36. The molecule has 2 fully saturated rings. The number of carbonyl (C=O) groups excluding carboxylic acids is 3. The van der Waals surface area contributed by atoms with Gasteiger partial charge in [0.25, 0.3) is 0 Å². The van der Waals surface area contributed by atoms with E-state index in [1.807, 2.05) is 104 Å². The first-order valence-electron chi connectivity index (χ1n) is 16.0. The Kier molecular flexibility index (Phi) is 8.24. The maximum atomic E-state index is 14.9. The predicted molar refractivity (Wildman–Crippen MR) is 169 cm³/mol. The van der Waals surface area contributed by atoms with E-state index in [1.54, 1.807) is 9.80 Å². The Balaban J connectivity index is 1.50. The van der Waals surface area contributed by atoms with Crippen LogP contribution in [0.15, 0.2) is 85.0 Å². The maximum Gasteiger partial charge on any atom is 0.249 e. The number of aliphatic hydroxyl groups excluding tert-OH is 1. The number of hydrogen-bond donors (Lipinski definition) is 1. The molecule has 3 amide bonds. The molecule has 0 saturated carbocycles. The fraction of sp³-hybridized carbons (Fsp3) is 0.472. The number of anilines is 1. The quantitative estimate of drug-likeness (QED) is 0.439. The topological polar surface area (TPSA) is 90.4 Å². The van der Waals surface area contributed by atoms with Gasteiger partial charge >= 0.3 is 0 Å². The summed E-state index contributed by atoms with van der Waals surface area (Å²) in [7, 11) is 0. The highest BCUT2D eigenvalue weighted by molar-refractivity contribution is 6.04. The average molecular weight is 598 g/mol. The summed E-state index contributed by atoms with van der Waals surface area (Å²) in [6.45, 7) is 6.53. The molecule has 1 N–H and O–H groups in total. The summed E-state index contributed by atoms with van der Waals surface area (Å²) in [5, 5.41) is 10.8. The van der Waals surface area contributed by atoms with Gasteiger partial charge in [-0.2, -0.15) is 0 Å². The Hall–Kier alpha value is -3.75. The maximum absolute atomic E-state index is 14.9. The Morgan fingerprint density at radius 1 is 0.886 bits per heavy atom. The van der Waals surface area contributed by atoms with Crippen molar-refractivity contribution in [2.45, 2.75) is 75.8 Å². The molecule has 8 heteroatoms. The molecule has 4 aliphatic rings. The SMILES string of the molecule is CCCC(C)N1CC=C[C@]23O[C@@]4(CC)C=CCN(c5ccccc5)C(=O)[C@H]4[C@H]2C(=O)N([C@@H](CO)Cc2ccccc2)C3C1=O. The van der Waals surface area contributed by atoms with Crippen LogP contribution in [0.4, 0.5) is 5.69 Å². The Labute approximate surface area is 260 Å². The molecule has 232 valence electrons. The fourth-order valence-corrected chi connectivity index (χ4v) is 8.06. The lowest BCUT2D eigenvalue weighted by Crippen LogP contribution is -2.60. The average Bonchev–Trinajstić information content (AvgIpc) is 3.33. The van der Waals surface area contributed by atoms with Crippen LogP contribution < -0.4 is 4.90 Å². The van der Waals surface area contributed by atoms with Crippen LogP contribution in [-0.2, 0) is 25.5 Å². The third kappa shape index (κ3) is 4.70. The third-order valence-electron chi connectivity index (χ3n) is 10.1. The van der Waals surface area contributed by atoms with Crippen molar-refractivity contribution in [1.82, 2.24) is 9.80 Å². The van der Waals surface area contributed by atoms with E-state index in [-0.39, 0.29) is 30.4 Å². The smallest absolute Gasteiger partial charge is 0.249 e. The van der Waals surface area contributed by atoms with Gasteiger partial charge in [-0.1, -0.05) is 93.1 Å². The molecule has 4 aliphatic heterocycles. The van der Waals surface area contributed by atoms with Crippen molar-refractivity contribution in [3.8, 4) is 0 Å². The van der Waals surface area contributed by atoms with Gasteiger partial charge in [-0.15, -0.1) is 0 Å². The van der Waals surface area contributed by atoms with Crippen LogP contribution in [0.25, 0.3) is 0 Å². The number of aliphatic hydroxyl groups is 1. The van der Waals surface area contributed by atoms with Gasteiger partial charge in [0.05, 0.1) is 30.1 Å². The van der Waals surface area contributed by atoms with Gasteiger partial charge in [0.15, 0.2) is 0 Å². The van der Waals surface area contributed by atoms with E-state index >= 15 is 0 Å². The van der Waals surface area contributed by atoms with Crippen molar-refractivity contribution in [3.63, 3.8) is 0 Å². The van der Waals surface area contributed by atoms with Crippen LogP contribution in [0.3, 0.4) is 0 Å². The monoisotopic (exact) mass is 597 g/mol. The lowest BCUT2D eigenvalue weighted by atomic mass is 9.73. The molecule has 4 heterocycles. The van der Waals surface area contributed by atoms with E-state index in [1.165, 1.54) is 0 Å². The molecule has 44 heavy (non-hydrogen) atoms. The van der Waals surface area contributed by atoms with E-state index in [9.17, 15) is 19.5 Å². The summed E-state index contributed by atoms with van der Waals surface area (Å²) in [6.07, 6.45) is 10.3. The highest BCUT2D eigenvalue weighted by Gasteiger charge is 2.76. The van der Waals surface area contributed by atoms with Crippen LogP contribution in [-0.4, -0.2) is 81.7 Å². The van der Waals surface area contributed by atoms with E-state index < -0.39 is 35.1 Å². The zero-order chi connectivity index (χ0) is 31.1. The minimum absolute atomic E-state index is 0.0490. The summed E-state index contributed by atoms with van der Waals surface area (Å²) in [6, 6.07) is 17.4. The van der Waals surface area contributed by atoms with Crippen LogP contribution in [0.2, 0.25) is 0 Å². The highest BCUT2D eigenvalue weighted by Crippen LogP contribution is 2.59. The molecule has 2 saturated heterocycles. The number of likely N-dealkylation sites (tertiary alicyclic amines) is 1. The number of fused-ring (bicyclic) bond motifs is 2. The molecule has 0 aliphatic carbocycles. The first kappa shape index (κ1) is 30.3. The van der Waals surface area contributed by atoms with Crippen molar-refractivity contribution in [1.29, 1.82) is 0 Å². The zero-order valence-electron chi connectivity index (χ0n) is 25.8. The molecule has 2 aromatic carbocycles. The van der Waals surface area contributed by atoms with Gasteiger partial charge in [0, 0.05) is 24.8 Å². The number of ether oxygens (including phenoxy) is 1. The molecule has 8 nitrogen and oxygen atoms in total. The number of rotatable bonds is 9. The fourth-order valence-electron chi connectivity index (χ4n) is 8.06. The summed E-state index contributed by atoms with van der Waals surface area (Å²) in [5.74, 6) is -2.48. The molecular weight excluding hydrogens is 554 g/mol. The molecule has 0 bridgehead atoms. The minimum Gasteiger partial charge on any atom is -0.394 e. The molecule has 0 radical (unpaired) electrons. The summed E-state index contributed by atoms with van der Waals surface area (Å²) < 4.78 is 7.12. The van der Waals surface area contributed by atoms with E-state index in [0.717, 1.165) is 24.1 Å². The molecule has 7 atom stereocenters. The third-order valence-corrected chi connectivity index (χ3v) is 10.1. The Morgan fingerprint density at radius 3 is 2.23 bits per heavy atom. The van der Waals surface area contributed by atoms with E-state index in [0.29, 0.717) is 25.9 Å². The van der Waals surface area contributed by atoms with Crippen LogP contribution >= 0.6 is 0 Å². The zero-order valence-corrected chi connectivity index (χ0v) is 25.8. The van der Waals surface area contributed by atoms with Crippen LogP contribution in [0.1, 0.15) is 45.6 Å². The predicted octanol–water partition coefficient (Wildman–Crippen LogP) is 4.14. The van der Waals surface area contributed by atoms with Crippen molar-refractivity contribution >= 4 is 23.4 Å². The Bertz CT molecular complexity index is 1440. The van der Waals surface area contributed by atoms with Gasteiger partial charge < -0.3 is 24.5 Å². The second kappa shape index (κ2) is 12.0. The second-order valence-electron chi connectivity index (χ2n) is 12.6. The lowest BCUT2D eigenvalue weighted by Gasteiger charge is -2.41. The number of benzene rings is 2. The molecule has 2 unspecified atom stereocenters. The van der Waals surface area contributed by atoms with Crippen molar-refractivity contribution in [2.24, 2.45) is 11.8 Å². The number of para-hydroxylation sites is 1. The van der Waals surface area contributed by atoms with Gasteiger partial charge in [-0.3, -0.25) is 14.4 Å². The highest BCUT2D eigenvalue weighted by atomic mass is 16.5. The van der Waals surface area contributed by atoms with Gasteiger partial charge in [0.1, 0.15) is 11.6 Å². The van der Waals surface area contributed by atoms with Crippen LogP contribution in [0.5, 0.6) is 0 Å². The molecule has 1 spiro atoms. The van der Waals surface area contributed by atoms with Gasteiger partial charge in [0.2, 0.25) is 17.7 Å². The first-order valence-corrected chi connectivity index (χ1v) is 16.0. The molecular formula is C36H43N3O5. The standard InChI is InChI=1S/C36H43N3O5/c1-4-14-25(3)37-21-13-20-36-30(33(42)39(31(36)34(37)43)28(24-40)23-26-15-8-6-9-16-26)29-32(41)38(27-17-10-7-11-18-27)22-12-19-35(29,5-2)44-36/h6-13,15-20,25,28-31,40H,4-5,14,21-24H2,1-3H3/t25?,28-,29-,30+,31?,35+,36+/m1/s1. The number of amides is 3. The van der Waals surface area contributed by atoms with E-state index in [2.05, 4.69) is 6.92 Å². The summed E-state index contributed by atoms with van der Waals surface area (Å²) in [5.41, 5.74) is -0.725. The number of hydrogen-bond acceptors (Lipinski definition) is 5. The molecule has 2 aromatic rings. The van der Waals surface area contributed by atoms with Gasteiger partial charge in [-0.25, -0.2) is 0 Å². The second-order valence-corrected chi connectivity index (χ2v) is 12.6. The molecule has 0 aromatic heterocycles. The van der Waals surface area contributed by atoms with Crippen LogP contribution in [0, 0.1) is 11.8 Å². The van der Waals surface area contributed by atoms with Crippen molar-refractivity contribution < 1.29 is 24.2 Å². The van der Waals surface area contributed by atoms with E-state index in [4.69, 9.17) is 4.74 Å². The normalized spacial score (nSPS) is 31.0. The Morgan fingerprint density at radius 2 is 1.57 bits per heavy atom. The van der Waals surface area contributed by atoms with Gasteiger partial charge in [-0.05, 0) is 43.9 Å².